The lowest BCUT2D eigenvalue weighted by Crippen LogP contribution is -2.33. The molecule has 0 aliphatic rings. The Morgan fingerprint density at radius 3 is 2.68 bits per heavy atom. The van der Waals surface area contributed by atoms with Gasteiger partial charge in [0.05, 0.1) is 25.9 Å². The van der Waals surface area contributed by atoms with Crippen molar-refractivity contribution in [3.63, 3.8) is 0 Å². The van der Waals surface area contributed by atoms with Crippen molar-refractivity contribution in [2.75, 3.05) is 34.5 Å². The molecule has 0 saturated heterocycles. The predicted octanol–water partition coefficient (Wildman–Crippen LogP) is 1.38. The van der Waals surface area contributed by atoms with Crippen molar-refractivity contribution >= 4 is 5.97 Å². The van der Waals surface area contributed by atoms with Gasteiger partial charge in [0.15, 0.2) is 0 Å². The van der Waals surface area contributed by atoms with Crippen LogP contribution in [-0.2, 0) is 14.2 Å². The number of furan rings is 1. The molecule has 1 heterocycles. The zero-order valence-corrected chi connectivity index (χ0v) is 11.8. The predicted molar refractivity (Wildman–Crippen MR) is 69.1 cm³/mol. The maximum atomic E-state index is 11.3. The molecule has 0 fully saturated rings. The van der Waals surface area contributed by atoms with Gasteiger partial charge in [0.25, 0.3) is 0 Å². The maximum absolute atomic E-state index is 11.3. The van der Waals surface area contributed by atoms with Gasteiger partial charge in [-0.2, -0.15) is 0 Å². The molecule has 1 aromatic heterocycles. The fourth-order valence-corrected chi connectivity index (χ4v) is 1.60. The van der Waals surface area contributed by atoms with Gasteiger partial charge in [-0.05, 0) is 19.1 Å². The smallest absolute Gasteiger partial charge is 0.373 e. The summed E-state index contributed by atoms with van der Waals surface area (Å²) in [6, 6.07) is 3.32. The minimum atomic E-state index is -0.479. The Kier molecular flexibility index (Phi) is 6.55. The van der Waals surface area contributed by atoms with Crippen LogP contribution in [0.15, 0.2) is 16.5 Å². The molecule has 0 spiro atoms. The number of ether oxygens (including phenoxy) is 3. The van der Waals surface area contributed by atoms with Gasteiger partial charge in [0.2, 0.25) is 5.76 Å². The number of rotatable bonds is 8. The van der Waals surface area contributed by atoms with E-state index in [1.165, 1.54) is 7.11 Å². The maximum Gasteiger partial charge on any atom is 0.373 e. The summed E-state index contributed by atoms with van der Waals surface area (Å²) in [5, 5.41) is 3.25. The van der Waals surface area contributed by atoms with Crippen molar-refractivity contribution in [2.45, 2.75) is 19.1 Å². The van der Waals surface area contributed by atoms with Crippen LogP contribution in [-0.4, -0.2) is 46.6 Å². The highest BCUT2D eigenvalue weighted by Gasteiger charge is 2.16. The van der Waals surface area contributed by atoms with Crippen LogP contribution in [0.4, 0.5) is 0 Å². The van der Waals surface area contributed by atoms with Crippen LogP contribution >= 0.6 is 0 Å². The van der Waals surface area contributed by atoms with Crippen molar-refractivity contribution in [1.82, 2.24) is 5.32 Å². The fourth-order valence-electron chi connectivity index (χ4n) is 1.60. The van der Waals surface area contributed by atoms with Crippen LogP contribution in [0, 0.1) is 0 Å². The first kappa shape index (κ1) is 15.7. The normalized spacial score (nSPS) is 14.1. The zero-order valence-electron chi connectivity index (χ0n) is 11.8. The molecule has 0 aromatic carbocycles. The number of carbonyl (C=O) groups is 1. The molecule has 2 unspecified atom stereocenters. The zero-order chi connectivity index (χ0) is 14.3. The topological polar surface area (TPSA) is 69.9 Å². The van der Waals surface area contributed by atoms with E-state index in [1.54, 1.807) is 26.4 Å². The number of nitrogens with one attached hydrogen (secondary N) is 1. The van der Waals surface area contributed by atoms with Crippen molar-refractivity contribution in [2.24, 2.45) is 0 Å². The van der Waals surface area contributed by atoms with E-state index >= 15 is 0 Å². The Balaban J connectivity index is 2.51. The first-order valence-electron chi connectivity index (χ1n) is 6.05. The summed E-state index contributed by atoms with van der Waals surface area (Å²) >= 11 is 0. The van der Waals surface area contributed by atoms with Gasteiger partial charge in [-0.25, -0.2) is 4.79 Å². The summed E-state index contributed by atoms with van der Waals surface area (Å²) in [5.41, 5.74) is 0. The van der Waals surface area contributed by atoms with Crippen LogP contribution in [0.1, 0.15) is 29.3 Å². The Morgan fingerprint density at radius 1 is 1.37 bits per heavy atom. The first-order valence-corrected chi connectivity index (χ1v) is 6.05. The monoisotopic (exact) mass is 271 g/mol. The van der Waals surface area contributed by atoms with Crippen molar-refractivity contribution in [3.05, 3.63) is 23.7 Å². The van der Waals surface area contributed by atoms with Gasteiger partial charge < -0.3 is 23.9 Å². The Bertz CT molecular complexity index is 390. The van der Waals surface area contributed by atoms with Crippen molar-refractivity contribution < 1.29 is 23.4 Å². The van der Waals surface area contributed by atoms with Gasteiger partial charge in [0, 0.05) is 20.8 Å². The van der Waals surface area contributed by atoms with E-state index < -0.39 is 5.97 Å². The molecule has 0 radical (unpaired) electrons. The molecule has 108 valence electrons. The van der Waals surface area contributed by atoms with E-state index in [2.05, 4.69) is 10.1 Å². The molecular formula is C13H21NO5. The molecular weight excluding hydrogens is 250 g/mol. The summed E-state index contributed by atoms with van der Waals surface area (Å²) in [6.07, 6.45) is -0.0255. The number of methoxy groups -OCH3 is 3. The Hall–Kier alpha value is -1.37. The molecule has 1 rings (SSSR count). The summed E-state index contributed by atoms with van der Waals surface area (Å²) in [4.78, 5) is 11.3. The molecule has 0 amide bonds. The lowest BCUT2D eigenvalue weighted by molar-refractivity contribution is 0.0272. The lowest BCUT2D eigenvalue weighted by atomic mass is 10.2. The van der Waals surface area contributed by atoms with Gasteiger partial charge >= 0.3 is 5.97 Å². The second kappa shape index (κ2) is 7.93. The average Bonchev–Trinajstić information content (AvgIpc) is 2.92. The van der Waals surface area contributed by atoms with E-state index in [0.717, 1.165) is 0 Å². The quantitative estimate of drug-likeness (QED) is 0.720. The lowest BCUT2D eigenvalue weighted by Gasteiger charge is -2.18. The second-order valence-electron chi connectivity index (χ2n) is 4.14. The van der Waals surface area contributed by atoms with Crippen LogP contribution < -0.4 is 5.32 Å². The number of esters is 1. The molecule has 6 nitrogen and oxygen atoms in total. The molecule has 0 bridgehead atoms. The standard InChI is InChI=1S/C13H21NO5/c1-9(14-7-10(17-3)8-16-2)11-5-6-12(19-11)13(15)18-4/h5-6,9-10,14H,7-8H2,1-4H3. The largest absolute Gasteiger partial charge is 0.463 e. The fraction of sp³-hybridized carbons (Fsp3) is 0.615. The third-order valence-corrected chi connectivity index (χ3v) is 2.78. The highest BCUT2D eigenvalue weighted by Crippen LogP contribution is 2.16. The van der Waals surface area contributed by atoms with Crippen molar-refractivity contribution in [1.29, 1.82) is 0 Å². The highest BCUT2D eigenvalue weighted by atomic mass is 16.5. The van der Waals surface area contributed by atoms with E-state index in [9.17, 15) is 4.79 Å². The minimum absolute atomic E-state index is 0.0255. The third-order valence-electron chi connectivity index (χ3n) is 2.78. The van der Waals surface area contributed by atoms with Crippen molar-refractivity contribution in [3.8, 4) is 0 Å². The van der Waals surface area contributed by atoms with E-state index in [0.29, 0.717) is 18.9 Å². The highest BCUT2D eigenvalue weighted by molar-refractivity contribution is 5.86. The first-order chi connectivity index (χ1) is 9.12. The molecule has 6 heteroatoms. The van der Waals surface area contributed by atoms with E-state index in [-0.39, 0.29) is 17.9 Å². The number of carbonyl (C=O) groups excluding carboxylic acids is 1. The molecule has 1 aromatic rings. The molecule has 19 heavy (non-hydrogen) atoms. The van der Waals surface area contributed by atoms with E-state index in [1.807, 2.05) is 6.92 Å². The Labute approximate surface area is 113 Å². The second-order valence-corrected chi connectivity index (χ2v) is 4.14. The Morgan fingerprint density at radius 2 is 2.11 bits per heavy atom. The minimum Gasteiger partial charge on any atom is -0.463 e. The van der Waals surface area contributed by atoms with E-state index in [4.69, 9.17) is 13.9 Å². The summed E-state index contributed by atoms with van der Waals surface area (Å²) in [5.74, 6) is 0.395. The van der Waals surface area contributed by atoms with Gasteiger partial charge in [-0.1, -0.05) is 0 Å². The van der Waals surface area contributed by atoms with Gasteiger partial charge in [-0.15, -0.1) is 0 Å². The molecule has 0 saturated carbocycles. The number of hydrogen-bond acceptors (Lipinski definition) is 6. The van der Waals surface area contributed by atoms with Crippen LogP contribution in [0.2, 0.25) is 0 Å². The molecule has 0 aliphatic heterocycles. The van der Waals surface area contributed by atoms with Gasteiger partial charge in [0.1, 0.15) is 5.76 Å². The average molecular weight is 271 g/mol. The van der Waals surface area contributed by atoms with Crippen LogP contribution in [0.3, 0.4) is 0 Å². The van der Waals surface area contributed by atoms with Gasteiger partial charge in [-0.3, -0.25) is 0 Å². The molecule has 2 atom stereocenters. The summed E-state index contributed by atoms with van der Waals surface area (Å²) in [6.45, 7) is 3.08. The van der Waals surface area contributed by atoms with Crippen LogP contribution in [0.5, 0.6) is 0 Å². The summed E-state index contributed by atoms with van der Waals surface area (Å²) < 4.78 is 20.3. The third kappa shape index (κ3) is 4.66. The SMILES string of the molecule is COCC(CNC(C)c1ccc(C(=O)OC)o1)OC. The van der Waals surface area contributed by atoms with Crippen LogP contribution in [0.25, 0.3) is 0 Å². The summed E-state index contributed by atoms with van der Waals surface area (Å²) in [7, 11) is 4.59. The number of hydrogen-bond donors (Lipinski definition) is 1. The molecule has 0 aliphatic carbocycles. The molecule has 1 N–H and O–H groups in total.